The summed E-state index contributed by atoms with van der Waals surface area (Å²) in [6.45, 7) is 0.825. The number of anilines is 2. The number of methoxy groups -OCH3 is 1. The first kappa shape index (κ1) is 16.5. The molecule has 23 heavy (non-hydrogen) atoms. The van der Waals surface area contributed by atoms with Gasteiger partial charge in [-0.2, -0.15) is 0 Å². The number of amides is 1. The highest BCUT2D eigenvalue weighted by Gasteiger charge is 2.12. The Hall–Kier alpha value is -2.89. The molecule has 0 heterocycles. The molecule has 0 unspecified atom stereocenters. The van der Waals surface area contributed by atoms with E-state index in [1.165, 1.54) is 0 Å². The number of carbonyl (C=O) groups is 1. The van der Waals surface area contributed by atoms with E-state index in [0.717, 1.165) is 11.5 Å². The Labute approximate surface area is 135 Å². The van der Waals surface area contributed by atoms with Gasteiger partial charge in [-0.25, -0.2) is 0 Å². The number of likely N-dealkylation sites (N-methyl/N-ethyl adjacent to an activating group) is 1. The second kappa shape index (κ2) is 7.40. The molecule has 1 amide bonds. The highest BCUT2D eigenvalue weighted by atomic mass is 16.5. The number of nitrogen functional groups attached to an aromatic ring is 2. The third-order valence-electron chi connectivity index (χ3n) is 3.33. The van der Waals surface area contributed by atoms with Crippen LogP contribution in [0.25, 0.3) is 0 Å². The molecular weight excluding hydrogens is 294 g/mol. The fraction of sp³-hybridized carbons (Fsp3) is 0.235. The van der Waals surface area contributed by atoms with Crippen LogP contribution in [0.2, 0.25) is 0 Å². The van der Waals surface area contributed by atoms with Gasteiger partial charge in [0.05, 0.1) is 13.7 Å². The molecule has 0 bridgehead atoms. The van der Waals surface area contributed by atoms with Gasteiger partial charge in [0.2, 0.25) is 0 Å². The van der Waals surface area contributed by atoms with E-state index in [1.807, 2.05) is 24.3 Å². The van der Waals surface area contributed by atoms with Crippen LogP contribution in [0, 0.1) is 0 Å². The van der Waals surface area contributed by atoms with Crippen molar-refractivity contribution in [2.24, 2.45) is 0 Å². The van der Waals surface area contributed by atoms with Crippen molar-refractivity contribution in [2.75, 3.05) is 38.8 Å². The van der Waals surface area contributed by atoms with Crippen molar-refractivity contribution in [3.05, 3.63) is 48.0 Å². The number of benzene rings is 2. The Morgan fingerprint density at radius 2 is 1.61 bits per heavy atom. The zero-order chi connectivity index (χ0) is 16.8. The number of hydrogen-bond acceptors (Lipinski definition) is 5. The fourth-order valence-electron chi connectivity index (χ4n) is 2.09. The number of ether oxygens (including phenoxy) is 2. The van der Waals surface area contributed by atoms with Gasteiger partial charge < -0.3 is 25.8 Å². The Balaban J connectivity index is 1.88. The molecule has 0 aliphatic rings. The maximum atomic E-state index is 12.3. The molecule has 0 aromatic heterocycles. The van der Waals surface area contributed by atoms with E-state index in [-0.39, 0.29) is 5.91 Å². The second-order valence-electron chi connectivity index (χ2n) is 5.14. The number of nitrogens with two attached hydrogens (primary N) is 2. The van der Waals surface area contributed by atoms with Crippen molar-refractivity contribution in [1.82, 2.24) is 4.90 Å². The Morgan fingerprint density at radius 1 is 1.04 bits per heavy atom. The van der Waals surface area contributed by atoms with Gasteiger partial charge in [-0.15, -0.1) is 0 Å². The van der Waals surface area contributed by atoms with Gasteiger partial charge in [-0.05, 0) is 42.5 Å². The van der Waals surface area contributed by atoms with Gasteiger partial charge in [0.1, 0.15) is 18.1 Å². The lowest BCUT2D eigenvalue weighted by Gasteiger charge is -2.18. The molecule has 6 nitrogen and oxygen atoms in total. The highest BCUT2D eigenvalue weighted by Crippen LogP contribution is 2.17. The van der Waals surface area contributed by atoms with Gasteiger partial charge in [0.25, 0.3) is 5.91 Å². The summed E-state index contributed by atoms with van der Waals surface area (Å²) in [4.78, 5) is 13.9. The lowest BCUT2D eigenvalue weighted by molar-refractivity contribution is 0.0774. The molecule has 4 N–H and O–H groups in total. The Kier molecular flexibility index (Phi) is 5.30. The summed E-state index contributed by atoms with van der Waals surface area (Å²) in [7, 11) is 3.32. The molecule has 0 aliphatic heterocycles. The zero-order valence-corrected chi connectivity index (χ0v) is 13.3. The average Bonchev–Trinajstić information content (AvgIpc) is 2.53. The summed E-state index contributed by atoms with van der Waals surface area (Å²) >= 11 is 0. The van der Waals surface area contributed by atoms with Crippen molar-refractivity contribution in [2.45, 2.75) is 0 Å². The van der Waals surface area contributed by atoms with Crippen LogP contribution in [0.15, 0.2) is 42.5 Å². The molecule has 0 fully saturated rings. The van der Waals surface area contributed by atoms with E-state index in [2.05, 4.69) is 0 Å². The van der Waals surface area contributed by atoms with Gasteiger partial charge in [0, 0.05) is 24.0 Å². The van der Waals surface area contributed by atoms with E-state index in [9.17, 15) is 4.79 Å². The van der Waals surface area contributed by atoms with Gasteiger partial charge in [0.15, 0.2) is 0 Å². The highest BCUT2D eigenvalue weighted by molar-refractivity contribution is 5.95. The SMILES string of the molecule is COc1ccc(OCCN(C)C(=O)c2cc(N)cc(N)c2)cc1. The van der Waals surface area contributed by atoms with E-state index in [1.54, 1.807) is 37.3 Å². The fourth-order valence-corrected chi connectivity index (χ4v) is 2.09. The van der Waals surface area contributed by atoms with Crippen LogP contribution in [-0.2, 0) is 0 Å². The Bertz CT molecular complexity index is 651. The minimum absolute atomic E-state index is 0.151. The summed E-state index contributed by atoms with van der Waals surface area (Å²) in [6, 6.07) is 12.1. The number of carbonyl (C=O) groups excluding carboxylic acids is 1. The smallest absolute Gasteiger partial charge is 0.253 e. The first-order valence-electron chi connectivity index (χ1n) is 7.18. The van der Waals surface area contributed by atoms with Crippen molar-refractivity contribution in [3.8, 4) is 11.5 Å². The summed E-state index contributed by atoms with van der Waals surface area (Å²) in [5.74, 6) is 1.34. The summed E-state index contributed by atoms with van der Waals surface area (Å²) < 4.78 is 10.7. The lowest BCUT2D eigenvalue weighted by atomic mass is 10.1. The Morgan fingerprint density at radius 3 is 2.17 bits per heavy atom. The first-order chi connectivity index (χ1) is 11.0. The number of hydrogen-bond donors (Lipinski definition) is 2. The van der Waals surface area contributed by atoms with Crippen LogP contribution in [0.1, 0.15) is 10.4 Å². The average molecular weight is 315 g/mol. The third kappa shape index (κ3) is 4.54. The van der Waals surface area contributed by atoms with Crippen LogP contribution in [-0.4, -0.2) is 38.1 Å². The van der Waals surface area contributed by atoms with Crippen LogP contribution in [0.5, 0.6) is 11.5 Å². The molecule has 0 saturated carbocycles. The third-order valence-corrected chi connectivity index (χ3v) is 3.33. The molecule has 0 spiro atoms. The van der Waals surface area contributed by atoms with Crippen molar-refractivity contribution in [3.63, 3.8) is 0 Å². The van der Waals surface area contributed by atoms with E-state index in [0.29, 0.717) is 30.1 Å². The molecule has 0 radical (unpaired) electrons. The van der Waals surface area contributed by atoms with Crippen LogP contribution in [0.3, 0.4) is 0 Å². The predicted octanol–water partition coefficient (Wildman–Crippen LogP) is 2.01. The largest absolute Gasteiger partial charge is 0.497 e. The predicted molar refractivity (Wildman–Crippen MR) is 90.7 cm³/mol. The normalized spacial score (nSPS) is 10.2. The maximum Gasteiger partial charge on any atom is 0.253 e. The van der Waals surface area contributed by atoms with Crippen molar-refractivity contribution < 1.29 is 14.3 Å². The second-order valence-corrected chi connectivity index (χ2v) is 5.14. The van der Waals surface area contributed by atoms with Crippen molar-refractivity contribution >= 4 is 17.3 Å². The topological polar surface area (TPSA) is 90.8 Å². The maximum absolute atomic E-state index is 12.3. The minimum Gasteiger partial charge on any atom is -0.497 e. The van der Waals surface area contributed by atoms with E-state index in [4.69, 9.17) is 20.9 Å². The van der Waals surface area contributed by atoms with Gasteiger partial charge >= 0.3 is 0 Å². The van der Waals surface area contributed by atoms with E-state index < -0.39 is 0 Å². The molecule has 2 aromatic carbocycles. The zero-order valence-electron chi connectivity index (χ0n) is 13.3. The standard InChI is InChI=1S/C17H21N3O3/c1-20(17(21)12-9-13(18)11-14(19)10-12)7-8-23-16-5-3-15(22-2)4-6-16/h3-6,9-11H,7-8,18-19H2,1-2H3. The molecule has 2 rings (SSSR count). The van der Waals surface area contributed by atoms with Gasteiger partial charge in [-0.3, -0.25) is 4.79 Å². The van der Waals surface area contributed by atoms with Gasteiger partial charge in [-0.1, -0.05) is 0 Å². The molecular formula is C17H21N3O3. The molecule has 122 valence electrons. The summed E-state index contributed by atoms with van der Waals surface area (Å²) in [5.41, 5.74) is 12.8. The number of nitrogens with zero attached hydrogens (tertiary/aromatic N) is 1. The molecule has 6 heteroatoms. The monoisotopic (exact) mass is 315 g/mol. The minimum atomic E-state index is -0.151. The quantitative estimate of drug-likeness (QED) is 0.796. The first-order valence-corrected chi connectivity index (χ1v) is 7.18. The van der Waals surface area contributed by atoms with Crippen LogP contribution < -0.4 is 20.9 Å². The molecule has 0 aliphatic carbocycles. The van der Waals surface area contributed by atoms with Crippen molar-refractivity contribution in [1.29, 1.82) is 0 Å². The summed E-state index contributed by atoms with van der Waals surface area (Å²) in [6.07, 6.45) is 0. The lowest BCUT2D eigenvalue weighted by Crippen LogP contribution is -2.31. The van der Waals surface area contributed by atoms with Crippen LogP contribution >= 0.6 is 0 Å². The molecule has 0 saturated heterocycles. The number of rotatable bonds is 6. The van der Waals surface area contributed by atoms with E-state index >= 15 is 0 Å². The molecule has 2 aromatic rings. The molecule has 0 atom stereocenters. The summed E-state index contributed by atoms with van der Waals surface area (Å²) in [5, 5.41) is 0. The van der Waals surface area contributed by atoms with Crippen LogP contribution in [0.4, 0.5) is 11.4 Å².